The van der Waals surface area contributed by atoms with E-state index in [1.165, 1.54) is 4.90 Å². The van der Waals surface area contributed by atoms with E-state index in [0.29, 0.717) is 19.5 Å². The summed E-state index contributed by atoms with van der Waals surface area (Å²) in [5, 5.41) is 11.7. The summed E-state index contributed by atoms with van der Waals surface area (Å²) in [5.41, 5.74) is -0.493. The van der Waals surface area contributed by atoms with Gasteiger partial charge in [-0.15, -0.1) is 0 Å². The Morgan fingerprint density at radius 1 is 1.37 bits per heavy atom. The summed E-state index contributed by atoms with van der Waals surface area (Å²) in [5.74, 6) is -0.792. The molecule has 0 fully saturated rings. The minimum atomic E-state index is -0.792. The van der Waals surface area contributed by atoms with E-state index in [1.807, 2.05) is 27.7 Å². The molecule has 0 aliphatic carbocycles. The van der Waals surface area contributed by atoms with Gasteiger partial charge in [-0.3, -0.25) is 4.79 Å². The highest BCUT2D eigenvalue weighted by Gasteiger charge is 2.19. The molecule has 0 aromatic rings. The van der Waals surface area contributed by atoms with Gasteiger partial charge in [-0.05, 0) is 34.1 Å². The molecule has 0 radical (unpaired) electrons. The number of carboxylic acid groups (broad SMARTS) is 1. The maximum Gasteiger partial charge on any atom is 0.410 e. The summed E-state index contributed by atoms with van der Waals surface area (Å²) in [4.78, 5) is 23.6. The van der Waals surface area contributed by atoms with E-state index in [-0.39, 0.29) is 18.6 Å². The molecule has 0 aliphatic heterocycles. The summed E-state index contributed by atoms with van der Waals surface area (Å²) in [7, 11) is 1.68. The number of rotatable bonds is 7. The number of carbonyl (C=O) groups is 2. The minimum Gasteiger partial charge on any atom is -0.481 e. The molecule has 0 rings (SSSR count). The molecule has 112 valence electrons. The van der Waals surface area contributed by atoms with Crippen molar-refractivity contribution in [2.24, 2.45) is 0 Å². The first kappa shape index (κ1) is 17.7. The minimum absolute atomic E-state index is 0.114. The van der Waals surface area contributed by atoms with Crippen LogP contribution in [0.4, 0.5) is 4.79 Å². The molecule has 6 heteroatoms. The van der Waals surface area contributed by atoms with Gasteiger partial charge in [0.15, 0.2) is 0 Å². The highest BCUT2D eigenvalue weighted by Crippen LogP contribution is 2.08. The van der Waals surface area contributed by atoms with Gasteiger partial charge in [0, 0.05) is 32.6 Å². The molecule has 0 aliphatic rings. The molecule has 1 amide bonds. The third kappa shape index (κ3) is 10.3. The SMILES string of the molecule is CC(CCC(=O)O)NCCN(C)C(=O)OC(C)(C)C. The first-order valence-electron chi connectivity index (χ1n) is 6.51. The van der Waals surface area contributed by atoms with Gasteiger partial charge in [0.25, 0.3) is 0 Å². The van der Waals surface area contributed by atoms with Crippen LogP contribution in [0.1, 0.15) is 40.5 Å². The Labute approximate surface area is 115 Å². The van der Waals surface area contributed by atoms with E-state index >= 15 is 0 Å². The summed E-state index contributed by atoms with van der Waals surface area (Å²) in [6.45, 7) is 8.53. The second-order valence-electron chi connectivity index (χ2n) is 5.69. The van der Waals surface area contributed by atoms with Gasteiger partial charge in [0.1, 0.15) is 5.60 Å². The Bertz CT molecular complexity index is 300. The number of ether oxygens (including phenoxy) is 1. The van der Waals surface area contributed by atoms with Crippen LogP contribution in [0.15, 0.2) is 0 Å². The smallest absolute Gasteiger partial charge is 0.410 e. The number of aliphatic carboxylic acids is 1. The summed E-state index contributed by atoms with van der Waals surface area (Å²) < 4.78 is 5.22. The van der Waals surface area contributed by atoms with Gasteiger partial charge in [-0.1, -0.05) is 0 Å². The van der Waals surface area contributed by atoms with Crippen LogP contribution < -0.4 is 5.32 Å². The van der Waals surface area contributed by atoms with Crippen LogP contribution in [0.25, 0.3) is 0 Å². The van der Waals surface area contributed by atoms with Gasteiger partial charge in [0.2, 0.25) is 0 Å². The van der Waals surface area contributed by atoms with E-state index in [4.69, 9.17) is 9.84 Å². The molecule has 0 heterocycles. The molecule has 0 spiro atoms. The van der Waals surface area contributed by atoms with E-state index in [9.17, 15) is 9.59 Å². The van der Waals surface area contributed by atoms with Gasteiger partial charge >= 0.3 is 12.1 Å². The van der Waals surface area contributed by atoms with Gasteiger partial charge in [-0.25, -0.2) is 4.79 Å². The van der Waals surface area contributed by atoms with Crippen molar-refractivity contribution in [3.8, 4) is 0 Å². The molecule has 0 saturated carbocycles. The third-order valence-corrected chi connectivity index (χ3v) is 2.44. The zero-order valence-electron chi connectivity index (χ0n) is 12.5. The Balaban J connectivity index is 3.81. The first-order valence-corrected chi connectivity index (χ1v) is 6.51. The second kappa shape index (κ2) is 7.99. The maximum atomic E-state index is 11.6. The van der Waals surface area contributed by atoms with Crippen molar-refractivity contribution in [1.29, 1.82) is 0 Å². The van der Waals surface area contributed by atoms with E-state index in [0.717, 1.165) is 0 Å². The molecule has 1 atom stereocenters. The van der Waals surface area contributed by atoms with Crippen molar-refractivity contribution >= 4 is 12.1 Å². The number of carbonyl (C=O) groups excluding carboxylic acids is 1. The molecule has 0 bridgehead atoms. The van der Waals surface area contributed by atoms with Crippen LogP contribution in [0, 0.1) is 0 Å². The van der Waals surface area contributed by atoms with E-state index in [2.05, 4.69) is 5.32 Å². The number of hydrogen-bond donors (Lipinski definition) is 2. The van der Waals surface area contributed by atoms with Crippen molar-refractivity contribution < 1.29 is 19.4 Å². The van der Waals surface area contributed by atoms with Crippen LogP contribution in [-0.4, -0.2) is 53.8 Å². The quantitative estimate of drug-likeness (QED) is 0.738. The number of likely N-dealkylation sites (N-methyl/N-ethyl adjacent to an activating group) is 1. The lowest BCUT2D eigenvalue weighted by molar-refractivity contribution is -0.137. The van der Waals surface area contributed by atoms with Crippen LogP contribution >= 0.6 is 0 Å². The highest BCUT2D eigenvalue weighted by molar-refractivity contribution is 5.67. The molecular formula is C13H26N2O4. The van der Waals surface area contributed by atoms with Crippen molar-refractivity contribution in [3.05, 3.63) is 0 Å². The van der Waals surface area contributed by atoms with Gasteiger partial charge < -0.3 is 20.1 Å². The van der Waals surface area contributed by atoms with Crippen LogP contribution in [0.2, 0.25) is 0 Å². The molecule has 0 aromatic carbocycles. The van der Waals surface area contributed by atoms with Crippen molar-refractivity contribution in [3.63, 3.8) is 0 Å². The normalized spacial score (nSPS) is 12.9. The van der Waals surface area contributed by atoms with E-state index < -0.39 is 11.6 Å². The van der Waals surface area contributed by atoms with Crippen LogP contribution in [0.3, 0.4) is 0 Å². The molecule has 6 nitrogen and oxygen atoms in total. The number of amides is 1. The summed E-state index contributed by atoms with van der Waals surface area (Å²) >= 11 is 0. The lowest BCUT2D eigenvalue weighted by atomic mass is 10.2. The topological polar surface area (TPSA) is 78.9 Å². The van der Waals surface area contributed by atoms with Crippen molar-refractivity contribution in [2.75, 3.05) is 20.1 Å². The fraction of sp³-hybridized carbons (Fsp3) is 0.846. The molecular weight excluding hydrogens is 248 g/mol. The molecule has 1 unspecified atom stereocenters. The van der Waals surface area contributed by atoms with Crippen molar-refractivity contribution in [1.82, 2.24) is 10.2 Å². The largest absolute Gasteiger partial charge is 0.481 e. The van der Waals surface area contributed by atoms with E-state index in [1.54, 1.807) is 7.05 Å². The zero-order chi connectivity index (χ0) is 15.1. The number of carboxylic acids is 1. The average molecular weight is 274 g/mol. The number of hydrogen-bond acceptors (Lipinski definition) is 4. The Kier molecular flexibility index (Phi) is 7.44. The Morgan fingerprint density at radius 2 is 1.95 bits per heavy atom. The average Bonchev–Trinajstić information content (AvgIpc) is 2.23. The van der Waals surface area contributed by atoms with Crippen molar-refractivity contribution in [2.45, 2.75) is 52.2 Å². The Morgan fingerprint density at radius 3 is 2.42 bits per heavy atom. The predicted octanol–water partition coefficient (Wildman–Crippen LogP) is 1.70. The zero-order valence-corrected chi connectivity index (χ0v) is 12.5. The lowest BCUT2D eigenvalue weighted by Gasteiger charge is -2.25. The van der Waals surface area contributed by atoms with Crippen LogP contribution in [-0.2, 0) is 9.53 Å². The first-order chi connectivity index (χ1) is 8.61. The molecule has 0 aromatic heterocycles. The Hall–Kier alpha value is -1.30. The lowest BCUT2D eigenvalue weighted by Crippen LogP contribution is -2.39. The number of nitrogens with zero attached hydrogens (tertiary/aromatic N) is 1. The van der Waals surface area contributed by atoms with Crippen LogP contribution in [0.5, 0.6) is 0 Å². The van der Waals surface area contributed by atoms with Gasteiger partial charge in [0.05, 0.1) is 0 Å². The fourth-order valence-electron chi connectivity index (χ4n) is 1.35. The molecule has 19 heavy (non-hydrogen) atoms. The highest BCUT2D eigenvalue weighted by atomic mass is 16.6. The van der Waals surface area contributed by atoms with Gasteiger partial charge in [-0.2, -0.15) is 0 Å². The predicted molar refractivity (Wildman–Crippen MR) is 73.2 cm³/mol. The molecule has 2 N–H and O–H groups in total. The third-order valence-electron chi connectivity index (χ3n) is 2.44. The maximum absolute atomic E-state index is 11.6. The summed E-state index contributed by atoms with van der Waals surface area (Å²) in [6.07, 6.45) is 0.370. The number of nitrogens with one attached hydrogen (secondary N) is 1. The standard InChI is InChI=1S/C13H26N2O4/c1-10(6-7-11(16)17)14-8-9-15(5)12(18)19-13(2,3)4/h10,14H,6-9H2,1-5H3,(H,16,17). The summed E-state index contributed by atoms with van der Waals surface area (Å²) in [6, 6.07) is 0.114. The molecule has 0 saturated heterocycles. The fourth-order valence-corrected chi connectivity index (χ4v) is 1.35. The monoisotopic (exact) mass is 274 g/mol. The second-order valence-corrected chi connectivity index (χ2v) is 5.69.